The van der Waals surface area contributed by atoms with Crippen molar-refractivity contribution in [3.05, 3.63) is 23.8 Å². The predicted octanol–water partition coefficient (Wildman–Crippen LogP) is 1.12. The Labute approximate surface area is 124 Å². The summed E-state index contributed by atoms with van der Waals surface area (Å²) in [4.78, 5) is 24.2. The first kappa shape index (κ1) is 15.3. The van der Waals surface area contributed by atoms with Gasteiger partial charge < -0.3 is 21.1 Å². The first-order chi connectivity index (χ1) is 10.0. The molecule has 0 bridgehead atoms. The lowest BCUT2D eigenvalue weighted by Crippen LogP contribution is -2.30. The fourth-order valence-corrected chi connectivity index (χ4v) is 1.80. The van der Waals surface area contributed by atoms with Crippen LogP contribution in [0.2, 0.25) is 0 Å². The SMILES string of the molecule is COc1ccc(NC(=O)C(C)CN)c(C(=O)NC2CC2)c1. The van der Waals surface area contributed by atoms with Crippen LogP contribution in [0.4, 0.5) is 5.69 Å². The van der Waals surface area contributed by atoms with Crippen LogP contribution < -0.4 is 21.1 Å². The molecule has 0 spiro atoms. The Morgan fingerprint density at radius 3 is 2.71 bits per heavy atom. The van der Waals surface area contributed by atoms with Gasteiger partial charge in [0.05, 0.1) is 18.4 Å². The van der Waals surface area contributed by atoms with Gasteiger partial charge in [0.1, 0.15) is 5.75 Å². The van der Waals surface area contributed by atoms with E-state index in [1.165, 1.54) is 7.11 Å². The van der Waals surface area contributed by atoms with E-state index >= 15 is 0 Å². The predicted molar refractivity (Wildman–Crippen MR) is 80.3 cm³/mol. The maximum absolute atomic E-state index is 12.3. The van der Waals surface area contributed by atoms with Crippen molar-refractivity contribution in [2.45, 2.75) is 25.8 Å². The normalized spacial score (nSPS) is 15.2. The van der Waals surface area contributed by atoms with Crippen LogP contribution in [0.5, 0.6) is 5.75 Å². The first-order valence-electron chi connectivity index (χ1n) is 7.05. The minimum Gasteiger partial charge on any atom is -0.497 e. The van der Waals surface area contributed by atoms with Gasteiger partial charge in [0, 0.05) is 18.5 Å². The van der Waals surface area contributed by atoms with Crippen molar-refractivity contribution < 1.29 is 14.3 Å². The van der Waals surface area contributed by atoms with E-state index in [9.17, 15) is 9.59 Å². The zero-order valence-electron chi connectivity index (χ0n) is 12.3. The molecular weight excluding hydrogens is 270 g/mol. The number of methoxy groups -OCH3 is 1. The van der Waals surface area contributed by atoms with Crippen LogP contribution in [0.25, 0.3) is 0 Å². The molecule has 4 N–H and O–H groups in total. The Morgan fingerprint density at radius 1 is 1.43 bits per heavy atom. The van der Waals surface area contributed by atoms with E-state index in [4.69, 9.17) is 10.5 Å². The van der Waals surface area contributed by atoms with Gasteiger partial charge in [-0.1, -0.05) is 6.92 Å². The maximum atomic E-state index is 12.3. The van der Waals surface area contributed by atoms with Gasteiger partial charge in [0.2, 0.25) is 5.91 Å². The Balaban J connectivity index is 2.21. The highest BCUT2D eigenvalue weighted by molar-refractivity contribution is 6.04. The standard InChI is InChI=1S/C15H21N3O3/c1-9(8-16)14(19)18-13-6-5-11(21-2)7-12(13)15(20)17-10-3-4-10/h5-7,9-10H,3-4,8,16H2,1-2H3,(H,17,20)(H,18,19). The van der Waals surface area contributed by atoms with E-state index in [0.717, 1.165) is 12.8 Å². The van der Waals surface area contributed by atoms with Crippen LogP contribution in [0.3, 0.4) is 0 Å². The number of nitrogens with two attached hydrogens (primary N) is 1. The molecule has 1 unspecified atom stereocenters. The summed E-state index contributed by atoms with van der Waals surface area (Å²) in [5.41, 5.74) is 6.36. The molecular formula is C15H21N3O3. The minimum absolute atomic E-state index is 0.202. The molecule has 6 nitrogen and oxygen atoms in total. The summed E-state index contributed by atoms with van der Waals surface area (Å²) < 4.78 is 5.14. The molecule has 0 saturated heterocycles. The van der Waals surface area contributed by atoms with Crippen LogP contribution in [-0.4, -0.2) is 31.5 Å². The third-order valence-electron chi connectivity index (χ3n) is 3.44. The number of anilines is 1. The number of hydrogen-bond acceptors (Lipinski definition) is 4. The van der Waals surface area contributed by atoms with Crippen molar-refractivity contribution in [2.75, 3.05) is 19.0 Å². The average Bonchev–Trinajstić information content (AvgIpc) is 3.30. The Hall–Kier alpha value is -2.08. The first-order valence-corrected chi connectivity index (χ1v) is 7.05. The van der Waals surface area contributed by atoms with Gasteiger partial charge >= 0.3 is 0 Å². The average molecular weight is 291 g/mol. The summed E-state index contributed by atoms with van der Waals surface area (Å²) in [6.07, 6.45) is 2.00. The number of carbonyl (C=O) groups is 2. The van der Waals surface area contributed by atoms with Gasteiger partial charge in [0.15, 0.2) is 0 Å². The molecule has 2 rings (SSSR count). The molecule has 1 aliphatic carbocycles. The number of hydrogen-bond donors (Lipinski definition) is 3. The number of ether oxygens (including phenoxy) is 1. The lowest BCUT2D eigenvalue weighted by atomic mass is 10.1. The highest BCUT2D eigenvalue weighted by Gasteiger charge is 2.25. The summed E-state index contributed by atoms with van der Waals surface area (Å²) >= 11 is 0. The summed E-state index contributed by atoms with van der Waals surface area (Å²) in [5.74, 6) is -0.150. The van der Waals surface area contributed by atoms with Gasteiger partial charge in [-0.15, -0.1) is 0 Å². The smallest absolute Gasteiger partial charge is 0.253 e. The van der Waals surface area contributed by atoms with Crippen LogP contribution in [0.1, 0.15) is 30.1 Å². The Bertz CT molecular complexity index is 541. The topological polar surface area (TPSA) is 93.4 Å². The van der Waals surface area contributed by atoms with Crippen LogP contribution in [0.15, 0.2) is 18.2 Å². The molecule has 1 fully saturated rings. The van der Waals surface area contributed by atoms with E-state index in [1.54, 1.807) is 25.1 Å². The highest BCUT2D eigenvalue weighted by atomic mass is 16.5. The number of carbonyl (C=O) groups excluding carboxylic acids is 2. The third-order valence-corrected chi connectivity index (χ3v) is 3.44. The molecule has 6 heteroatoms. The molecule has 1 aromatic carbocycles. The zero-order valence-corrected chi connectivity index (χ0v) is 12.3. The van der Waals surface area contributed by atoms with Crippen molar-refractivity contribution in [3.8, 4) is 5.75 Å². The quantitative estimate of drug-likeness (QED) is 0.732. The molecule has 2 amide bonds. The van der Waals surface area contributed by atoms with E-state index < -0.39 is 0 Å². The van der Waals surface area contributed by atoms with Crippen LogP contribution >= 0.6 is 0 Å². The van der Waals surface area contributed by atoms with E-state index in [1.807, 2.05) is 0 Å². The van der Waals surface area contributed by atoms with Crippen molar-refractivity contribution in [1.82, 2.24) is 5.32 Å². The lowest BCUT2D eigenvalue weighted by Gasteiger charge is -2.14. The molecule has 1 aliphatic rings. The molecule has 1 atom stereocenters. The second-order valence-electron chi connectivity index (χ2n) is 5.29. The molecule has 0 heterocycles. The van der Waals surface area contributed by atoms with Crippen molar-refractivity contribution in [2.24, 2.45) is 11.7 Å². The third kappa shape index (κ3) is 3.95. The number of amides is 2. The molecule has 114 valence electrons. The summed E-state index contributed by atoms with van der Waals surface area (Å²) in [5, 5.41) is 5.66. The molecule has 1 aromatic rings. The minimum atomic E-state index is -0.313. The number of benzene rings is 1. The maximum Gasteiger partial charge on any atom is 0.253 e. The van der Waals surface area contributed by atoms with Gasteiger partial charge in [-0.2, -0.15) is 0 Å². The molecule has 0 radical (unpaired) electrons. The van der Waals surface area contributed by atoms with E-state index in [-0.39, 0.29) is 30.3 Å². The highest BCUT2D eigenvalue weighted by Crippen LogP contribution is 2.25. The van der Waals surface area contributed by atoms with Gasteiger partial charge in [0.25, 0.3) is 5.91 Å². The number of rotatable bonds is 6. The Morgan fingerprint density at radius 2 is 2.14 bits per heavy atom. The molecule has 1 saturated carbocycles. The van der Waals surface area contributed by atoms with Crippen molar-refractivity contribution >= 4 is 17.5 Å². The largest absolute Gasteiger partial charge is 0.497 e. The Kier molecular flexibility index (Phi) is 4.80. The van der Waals surface area contributed by atoms with E-state index in [0.29, 0.717) is 17.0 Å². The fraction of sp³-hybridized carbons (Fsp3) is 0.467. The molecule has 0 aromatic heterocycles. The summed E-state index contributed by atoms with van der Waals surface area (Å²) in [7, 11) is 1.53. The fourth-order valence-electron chi connectivity index (χ4n) is 1.80. The summed E-state index contributed by atoms with van der Waals surface area (Å²) in [6.45, 7) is 1.99. The lowest BCUT2D eigenvalue weighted by molar-refractivity contribution is -0.119. The second kappa shape index (κ2) is 6.58. The van der Waals surface area contributed by atoms with Crippen LogP contribution in [0, 0.1) is 5.92 Å². The molecule has 21 heavy (non-hydrogen) atoms. The second-order valence-corrected chi connectivity index (χ2v) is 5.29. The zero-order chi connectivity index (χ0) is 15.4. The van der Waals surface area contributed by atoms with Crippen molar-refractivity contribution in [3.63, 3.8) is 0 Å². The summed E-state index contributed by atoms with van der Waals surface area (Å²) in [6, 6.07) is 5.24. The van der Waals surface area contributed by atoms with E-state index in [2.05, 4.69) is 10.6 Å². The number of nitrogens with one attached hydrogen (secondary N) is 2. The molecule has 0 aliphatic heterocycles. The monoisotopic (exact) mass is 291 g/mol. The van der Waals surface area contributed by atoms with Crippen molar-refractivity contribution in [1.29, 1.82) is 0 Å². The van der Waals surface area contributed by atoms with Gasteiger partial charge in [-0.05, 0) is 31.0 Å². The van der Waals surface area contributed by atoms with Crippen LogP contribution in [-0.2, 0) is 4.79 Å². The van der Waals surface area contributed by atoms with Gasteiger partial charge in [-0.3, -0.25) is 9.59 Å². The van der Waals surface area contributed by atoms with Gasteiger partial charge in [-0.25, -0.2) is 0 Å².